The van der Waals surface area contributed by atoms with Crippen molar-refractivity contribution in [2.24, 2.45) is 5.92 Å². The van der Waals surface area contributed by atoms with E-state index in [1.165, 1.54) is 7.11 Å². The third-order valence-corrected chi connectivity index (χ3v) is 4.37. The van der Waals surface area contributed by atoms with E-state index in [4.69, 9.17) is 9.47 Å². The number of piperidine rings is 1. The van der Waals surface area contributed by atoms with Crippen LogP contribution in [0.1, 0.15) is 29.6 Å². The van der Waals surface area contributed by atoms with Crippen molar-refractivity contribution < 1.29 is 19.1 Å². The maximum Gasteiger partial charge on any atom is 0.338 e. The van der Waals surface area contributed by atoms with Gasteiger partial charge in [0.2, 0.25) is 0 Å². The smallest absolute Gasteiger partial charge is 0.338 e. The zero-order valence-electron chi connectivity index (χ0n) is 12.0. The van der Waals surface area contributed by atoms with Gasteiger partial charge in [0.05, 0.1) is 12.7 Å². The standard InChI is InChI=1S/C16H19NO4/c1-20-16(19)14-12-8-7-11(17-12)9-13(14)21-15(18)10-5-3-2-4-6-10/h2-6,11-14,17H,7-9H2,1H3/t11?,12?,13-,14?/m0/s1. The molecule has 1 aromatic rings. The van der Waals surface area contributed by atoms with Crippen molar-refractivity contribution in [1.29, 1.82) is 0 Å². The van der Waals surface area contributed by atoms with Gasteiger partial charge in [0.15, 0.2) is 0 Å². The summed E-state index contributed by atoms with van der Waals surface area (Å²) in [7, 11) is 1.37. The predicted octanol–water partition coefficient (Wildman–Crippen LogP) is 1.53. The third kappa shape index (κ3) is 2.78. The summed E-state index contributed by atoms with van der Waals surface area (Å²) in [6.45, 7) is 0. The maximum absolute atomic E-state index is 12.2. The number of hydrogen-bond donors (Lipinski definition) is 1. The Bertz CT molecular complexity index is 530. The highest BCUT2D eigenvalue weighted by atomic mass is 16.6. The highest BCUT2D eigenvalue weighted by Crippen LogP contribution is 2.34. The Labute approximate surface area is 123 Å². The quantitative estimate of drug-likeness (QED) is 0.855. The Morgan fingerprint density at radius 2 is 1.95 bits per heavy atom. The van der Waals surface area contributed by atoms with Gasteiger partial charge in [0.1, 0.15) is 12.0 Å². The lowest BCUT2D eigenvalue weighted by Gasteiger charge is -2.35. The van der Waals surface area contributed by atoms with Crippen LogP contribution in [0, 0.1) is 5.92 Å². The van der Waals surface area contributed by atoms with E-state index in [2.05, 4.69) is 5.32 Å². The van der Waals surface area contributed by atoms with Gasteiger partial charge in [0, 0.05) is 18.5 Å². The lowest BCUT2D eigenvalue weighted by molar-refractivity contribution is -0.152. The number of carbonyl (C=O) groups is 2. The van der Waals surface area contributed by atoms with Crippen LogP contribution in [0.4, 0.5) is 0 Å². The monoisotopic (exact) mass is 289 g/mol. The summed E-state index contributed by atoms with van der Waals surface area (Å²) in [5.74, 6) is -1.10. The van der Waals surface area contributed by atoms with Crippen LogP contribution in [-0.4, -0.2) is 37.2 Å². The molecule has 0 aliphatic carbocycles. The Hall–Kier alpha value is -1.88. The molecule has 2 bridgehead atoms. The molecule has 0 radical (unpaired) electrons. The number of hydrogen-bond acceptors (Lipinski definition) is 5. The topological polar surface area (TPSA) is 64.6 Å². The predicted molar refractivity (Wildman–Crippen MR) is 75.7 cm³/mol. The normalized spacial score (nSPS) is 30.7. The molecule has 2 fully saturated rings. The van der Waals surface area contributed by atoms with Gasteiger partial charge in [-0.1, -0.05) is 18.2 Å². The minimum Gasteiger partial charge on any atom is -0.469 e. The minimum absolute atomic E-state index is 0.0461. The molecule has 112 valence electrons. The van der Waals surface area contributed by atoms with Crippen LogP contribution in [0.25, 0.3) is 0 Å². The van der Waals surface area contributed by atoms with E-state index >= 15 is 0 Å². The van der Waals surface area contributed by atoms with Crippen LogP contribution < -0.4 is 5.32 Å². The summed E-state index contributed by atoms with van der Waals surface area (Å²) in [6, 6.07) is 9.23. The first-order valence-corrected chi connectivity index (χ1v) is 7.29. The number of nitrogens with one attached hydrogen (secondary N) is 1. The number of fused-ring (bicyclic) bond motifs is 2. The minimum atomic E-state index is -0.415. The molecule has 0 aromatic heterocycles. The molecule has 5 nitrogen and oxygen atoms in total. The summed E-state index contributed by atoms with van der Waals surface area (Å²) < 4.78 is 10.5. The Kier molecular flexibility index (Phi) is 3.92. The molecule has 0 amide bonds. The second kappa shape index (κ2) is 5.85. The van der Waals surface area contributed by atoms with Gasteiger partial charge in [-0.05, 0) is 25.0 Å². The molecular weight excluding hydrogens is 270 g/mol. The van der Waals surface area contributed by atoms with Crippen LogP contribution in [0.2, 0.25) is 0 Å². The first kappa shape index (κ1) is 14.1. The summed E-state index contributed by atoms with van der Waals surface area (Å²) in [6.07, 6.45) is 2.18. The molecular formula is C16H19NO4. The molecule has 3 rings (SSSR count). The molecule has 3 unspecified atom stereocenters. The van der Waals surface area contributed by atoms with Crippen molar-refractivity contribution in [3.05, 3.63) is 35.9 Å². The van der Waals surface area contributed by atoms with Gasteiger partial charge in [0.25, 0.3) is 0 Å². The number of esters is 2. The zero-order chi connectivity index (χ0) is 14.8. The molecule has 0 saturated carbocycles. The van der Waals surface area contributed by atoms with Gasteiger partial charge >= 0.3 is 11.9 Å². The fraction of sp³-hybridized carbons (Fsp3) is 0.500. The zero-order valence-corrected chi connectivity index (χ0v) is 12.0. The van der Waals surface area contributed by atoms with E-state index in [0.29, 0.717) is 18.0 Å². The van der Waals surface area contributed by atoms with Crippen molar-refractivity contribution in [2.75, 3.05) is 7.11 Å². The van der Waals surface area contributed by atoms with E-state index in [1.807, 2.05) is 6.07 Å². The SMILES string of the molecule is COC(=O)C1C2CCC(C[C@@H]1OC(=O)c1ccccc1)N2. The maximum atomic E-state index is 12.2. The molecule has 2 saturated heterocycles. The fourth-order valence-electron chi connectivity index (χ4n) is 3.36. The molecule has 1 N–H and O–H groups in total. The van der Waals surface area contributed by atoms with Gasteiger partial charge < -0.3 is 14.8 Å². The van der Waals surface area contributed by atoms with E-state index < -0.39 is 12.0 Å². The number of methoxy groups -OCH3 is 1. The molecule has 2 heterocycles. The first-order valence-electron chi connectivity index (χ1n) is 7.29. The summed E-state index contributed by atoms with van der Waals surface area (Å²) in [5, 5.41) is 3.41. The second-order valence-corrected chi connectivity index (χ2v) is 5.64. The molecule has 2 aliphatic heterocycles. The van der Waals surface area contributed by atoms with Gasteiger partial charge in [-0.3, -0.25) is 4.79 Å². The first-order chi connectivity index (χ1) is 10.2. The van der Waals surface area contributed by atoms with Crippen molar-refractivity contribution >= 4 is 11.9 Å². The third-order valence-electron chi connectivity index (χ3n) is 4.37. The van der Waals surface area contributed by atoms with Crippen molar-refractivity contribution in [2.45, 2.75) is 37.5 Å². The fourth-order valence-corrected chi connectivity index (χ4v) is 3.36. The van der Waals surface area contributed by atoms with Crippen molar-refractivity contribution in [3.63, 3.8) is 0 Å². The lowest BCUT2D eigenvalue weighted by Crippen LogP contribution is -2.53. The van der Waals surface area contributed by atoms with Crippen LogP contribution in [0.15, 0.2) is 30.3 Å². The average molecular weight is 289 g/mol. The Morgan fingerprint density at radius 1 is 1.19 bits per heavy atom. The van der Waals surface area contributed by atoms with Crippen molar-refractivity contribution in [1.82, 2.24) is 5.32 Å². The van der Waals surface area contributed by atoms with Crippen LogP contribution >= 0.6 is 0 Å². The van der Waals surface area contributed by atoms with Gasteiger partial charge in [-0.15, -0.1) is 0 Å². The van der Waals surface area contributed by atoms with Gasteiger partial charge in [-0.25, -0.2) is 4.79 Å². The van der Waals surface area contributed by atoms with Crippen LogP contribution in [0.3, 0.4) is 0 Å². The molecule has 21 heavy (non-hydrogen) atoms. The number of rotatable bonds is 3. The largest absolute Gasteiger partial charge is 0.469 e. The van der Waals surface area contributed by atoms with Crippen LogP contribution in [-0.2, 0) is 14.3 Å². The number of benzene rings is 1. The Balaban J connectivity index is 1.76. The van der Waals surface area contributed by atoms with E-state index in [9.17, 15) is 9.59 Å². The summed E-state index contributed by atoms with van der Waals surface area (Å²) >= 11 is 0. The highest BCUT2D eigenvalue weighted by Gasteiger charge is 2.47. The summed E-state index contributed by atoms with van der Waals surface area (Å²) in [5.41, 5.74) is 0.506. The lowest BCUT2D eigenvalue weighted by atomic mass is 9.89. The highest BCUT2D eigenvalue weighted by molar-refractivity contribution is 5.89. The molecule has 5 heteroatoms. The molecule has 0 spiro atoms. The van der Waals surface area contributed by atoms with E-state index in [0.717, 1.165) is 12.8 Å². The van der Waals surface area contributed by atoms with E-state index in [1.54, 1.807) is 24.3 Å². The van der Waals surface area contributed by atoms with E-state index in [-0.39, 0.29) is 18.0 Å². The molecule has 4 atom stereocenters. The molecule has 1 aromatic carbocycles. The van der Waals surface area contributed by atoms with Crippen molar-refractivity contribution in [3.8, 4) is 0 Å². The summed E-state index contributed by atoms with van der Waals surface area (Å²) in [4.78, 5) is 24.2. The average Bonchev–Trinajstić information content (AvgIpc) is 2.89. The Morgan fingerprint density at radius 3 is 2.67 bits per heavy atom. The van der Waals surface area contributed by atoms with Crippen LogP contribution in [0.5, 0.6) is 0 Å². The number of carbonyl (C=O) groups excluding carboxylic acids is 2. The molecule has 2 aliphatic rings. The number of ether oxygens (including phenoxy) is 2. The van der Waals surface area contributed by atoms with Gasteiger partial charge in [-0.2, -0.15) is 0 Å². The second-order valence-electron chi connectivity index (χ2n) is 5.64.